The highest BCUT2D eigenvalue weighted by Crippen LogP contribution is 2.32. The quantitative estimate of drug-likeness (QED) is 0.706. The third kappa shape index (κ3) is 5.32. The molecule has 0 fully saturated rings. The van der Waals surface area contributed by atoms with E-state index in [1.54, 1.807) is 24.3 Å². The Balaban J connectivity index is 1.99. The van der Waals surface area contributed by atoms with Crippen LogP contribution in [-0.4, -0.2) is 11.7 Å². The first-order valence-electron chi connectivity index (χ1n) is 7.85. The van der Waals surface area contributed by atoms with Gasteiger partial charge in [-0.05, 0) is 61.6 Å². The molecule has 0 aromatic heterocycles. The van der Waals surface area contributed by atoms with E-state index in [0.29, 0.717) is 0 Å². The molecule has 0 heterocycles. The van der Waals surface area contributed by atoms with Crippen LogP contribution in [0.15, 0.2) is 48.5 Å². The van der Waals surface area contributed by atoms with Crippen molar-refractivity contribution in [1.29, 1.82) is 0 Å². The maximum Gasteiger partial charge on any atom is 0.426 e. The topological polar surface area (TPSA) is 29.5 Å². The third-order valence-electron chi connectivity index (χ3n) is 3.65. The average molecular weight is 320 g/mol. The summed E-state index contributed by atoms with van der Waals surface area (Å²) in [6, 6.07) is 12.9. The second kappa shape index (κ2) is 8.06. The van der Waals surface area contributed by atoms with Gasteiger partial charge in [0.05, 0.1) is 5.56 Å². The Bertz CT molecular complexity index is 609. The summed E-state index contributed by atoms with van der Waals surface area (Å²) >= 11 is 0. The summed E-state index contributed by atoms with van der Waals surface area (Å²) in [5.41, 5.74) is 1.73. The molecule has 0 radical (unpaired) electrons. The molecule has 23 heavy (non-hydrogen) atoms. The second-order valence-electron chi connectivity index (χ2n) is 5.67. The SMILES string of the molecule is Cc1cccc(OC(F)(F)c2ccc(CCCCCO)cc2)c1. The Morgan fingerprint density at radius 2 is 1.74 bits per heavy atom. The van der Waals surface area contributed by atoms with Gasteiger partial charge in [0.1, 0.15) is 5.75 Å². The molecule has 0 saturated carbocycles. The van der Waals surface area contributed by atoms with Gasteiger partial charge in [0, 0.05) is 6.61 Å². The van der Waals surface area contributed by atoms with Crippen LogP contribution in [0.5, 0.6) is 5.75 Å². The van der Waals surface area contributed by atoms with Gasteiger partial charge in [-0.25, -0.2) is 0 Å². The maximum absolute atomic E-state index is 14.2. The summed E-state index contributed by atoms with van der Waals surface area (Å²) < 4.78 is 33.3. The Morgan fingerprint density at radius 1 is 1.00 bits per heavy atom. The van der Waals surface area contributed by atoms with E-state index in [4.69, 9.17) is 9.84 Å². The first-order chi connectivity index (χ1) is 11.0. The number of unbranched alkanes of at least 4 members (excludes halogenated alkanes) is 2. The zero-order valence-electron chi connectivity index (χ0n) is 13.3. The van der Waals surface area contributed by atoms with Gasteiger partial charge in [-0.3, -0.25) is 0 Å². The van der Waals surface area contributed by atoms with Gasteiger partial charge in [-0.2, -0.15) is 8.78 Å². The molecule has 0 aliphatic heterocycles. The van der Waals surface area contributed by atoms with Crippen LogP contribution in [0.3, 0.4) is 0 Å². The summed E-state index contributed by atoms with van der Waals surface area (Å²) in [6.45, 7) is 2.03. The van der Waals surface area contributed by atoms with E-state index in [1.807, 2.05) is 13.0 Å². The van der Waals surface area contributed by atoms with Gasteiger partial charge in [0.25, 0.3) is 0 Å². The summed E-state index contributed by atoms with van der Waals surface area (Å²) in [6.07, 6.45) is 0.120. The van der Waals surface area contributed by atoms with Gasteiger partial charge in [-0.1, -0.05) is 30.7 Å². The first-order valence-corrected chi connectivity index (χ1v) is 7.85. The highest BCUT2D eigenvalue weighted by Gasteiger charge is 2.34. The molecule has 0 aliphatic carbocycles. The van der Waals surface area contributed by atoms with E-state index in [1.165, 1.54) is 18.2 Å². The van der Waals surface area contributed by atoms with Gasteiger partial charge >= 0.3 is 6.11 Å². The minimum Gasteiger partial charge on any atom is -0.429 e. The van der Waals surface area contributed by atoms with Crippen molar-refractivity contribution in [3.63, 3.8) is 0 Å². The van der Waals surface area contributed by atoms with Crippen LogP contribution in [0.4, 0.5) is 8.78 Å². The molecule has 2 rings (SSSR count). The molecule has 124 valence electrons. The predicted octanol–water partition coefficient (Wildman–Crippen LogP) is 4.83. The van der Waals surface area contributed by atoms with Gasteiger partial charge in [0.15, 0.2) is 0 Å². The lowest BCUT2D eigenvalue weighted by molar-refractivity contribution is -0.185. The van der Waals surface area contributed by atoms with Crippen molar-refractivity contribution in [1.82, 2.24) is 0 Å². The van der Waals surface area contributed by atoms with Gasteiger partial charge < -0.3 is 9.84 Å². The molecule has 0 aliphatic rings. The van der Waals surface area contributed by atoms with Crippen molar-refractivity contribution in [2.45, 2.75) is 38.7 Å². The van der Waals surface area contributed by atoms with E-state index in [2.05, 4.69) is 0 Å². The number of halogens is 2. The summed E-state index contributed by atoms with van der Waals surface area (Å²) in [7, 11) is 0. The molecular formula is C19H22F2O2. The number of ether oxygens (including phenoxy) is 1. The minimum absolute atomic E-state index is 0.155. The molecule has 2 aromatic rings. The fourth-order valence-electron chi connectivity index (χ4n) is 2.37. The summed E-state index contributed by atoms with van der Waals surface area (Å²) in [5, 5.41) is 8.73. The van der Waals surface area contributed by atoms with Crippen LogP contribution in [0.2, 0.25) is 0 Å². The smallest absolute Gasteiger partial charge is 0.426 e. The van der Waals surface area contributed by atoms with Crippen molar-refractivity contribution < 1.29 is 18.6 Å². The van der Waals surface area contributed by atoms with E-state index >= 15 is 0 Å². The number of hydrogen-bond donors (Lipinski definition) is 1. The van der Waals surface area contributed by atoms with Gasteiger partial charge in [0.2, 0.25) is 0 Å². The standard InChI is InChI=1S/C19H22F2O2/c1-15-6-5-8-18(14-15)23-19(20,21)17-11-9-16(10-12-17)7-3-2-4-13-22/h5-6,8-12,14,22H,2-4,7,13H2,1H3. The lowest BCUT2D eigenvalue weighted by atomic mass is 10.0. The van der Waals surface area contributed by atoms with Crippen molar-refractivity contribution in [2.75, 3.05) is 6.61 Å². The normalized spacial score (nSPS) is 11.5. The van der Waals surface area contributed by atoms with E-state index in [-0.39, 0.29) is 17.9 Å². The average Bonchev–Trinajstić information content (AvgIpc) is 2.52. The number of aliphatic hydroxyl groups is 1. The van der Waals surface area contributed by atoms with Crippen LogP contribution < -0.4 is 4.74 Å². The molecule has 0 amide bonds. The van der Waals surface area contributed by atoms with E-state index in [0.717, 1.165) is 36.8 Å². The monoisotopic (exact) mass is 320 g/mol. The molecule has 1 N–H and O–H groups in total. The molecule has 2 nitrogen and oxygen atoms in total. The number of benzene rings is 2. The number of alkyl halides is 2. The zero-order chi connectivity index (χ0) is 16.7. The van der Waals surface area contributed by atoms with Crippen molar-refractivity contribution in [2.24, 2.45) is 0 Å². The van der Waals surface area contributed by atoms with Crippen LogP contribution in [-0.2, 0) is 12.5 Å². The van der Waals surface area contributed by atoms with Crippen molar-refractivity contribution in [3.05, 3.63) is 65.2 Å². The van der Waals surface area contributed by atoms with Crippen LogP contribution >= 0.6 is 0 Å². The van der Waals surface area contributed by atoms with E-state index < -0.39 is 6.11 Å². The molecule has 4 heteroatoms. The lowest BCUT2D eigenvalue weighted by Crippen LogP contribution is -2.21. The van der Waals surface area contributed by atoms with Crippen LogP contribution in [0.1, 0.15) is 36.0 Å². The molecule has 0 spiro atoms. The molecule has 0 bridgehead atoms. The number of aliphatic hydroxyl groups excluding tert-OH is 1. The Kier molecular flexibility index (Phi) is 6.11. The molecule has 0 unspecified atom stereocenters. The molecule has 0 saturated heterocycles. The fourth-order valence-corrected chi connectivity index (χ4v) is 2.37. The largest absolute Gasteiger partial charge is 0.429 e. The second-order valence-corrected chi connectivity index (χ2v) is 5.67. The Labute approximate surface area is 135 Å². The lowest BCUT2D eigenvalue weighted by Gasteiger charge is -2.18. The Hall–Kier alpha value is -1.94. The molecular weight excluding hydrogens is 298 g/mol. The number of aryl methyl sites for hydroxylation is 2. The zero-order valence-corrected chi connectivity index (χ0v) is 13.3. The molecule has 0 atom stereocenters. The summed E-state index contributed by atoms with van der Waals surface area (Å²) in [4.78, 5) is 0. The highest BCUT2D eigenvalue weighted by molar-refractivity contribution is 5.30. The fraction of sp³-hybridized carbons (Fsp3) is 0.368. The predicted molar refractivity (Wildman–Crippen MR) is 86.8 cm³/mol. The molecule has 2 aromatic carbocycles. The highest BCUT2D eigenvalue weighted by atomic mass is 19.3. The summed E-state index contributed by atoms with van der Waals surface area (Å²) in [5.74, 6) is 0.156. The van der Waals surface area contributed by atoms with Crippen molar-refractivity contribution in [3.8, 4) is 5.75 Å². The minimum atomic E-state index is -3.36. The van der Waals surface area contributed by atoms with Crippen molar-refractivity contribution >= 4 is 0 Å². The number of rotatable bonds is 8. The first kappa shape index (κ1) is 17.4. The Morgan fingerprint density at radius 3 is 2.39 bits per heavy atom. The van der Waals surface area contributed by atoms with E-state index in [9.17, 15) is 8.78 Å². The number of hydrogen-bond acceptors (Lipinski definition) is 2. The van der Waals surface area contributed by atoms with Crippen LogP contribution in [0.25, 0.3) is 0 Å². The van der Waals surface area contributed by atoms with Crippen LogP contribution in [0, 0.1) is 6.92 Å². The maximum atomic E-state index is 14.2. The third-order valence-corrected chi connectivity index (χ3v) is 3.65. The van der Waals surface area contributed by atoms with Gasteiger partial charge in [-0.15, -0.1) is 0 Å².